The number of sulfonamides is 1. The molecule has 1 aliphatic heterocycles. The van der Waals surface area contributed by atoms with E-state index in [1.807, 2.05) is 24.3 Å². The molecule has 1 amide bonds. The van der Waals surface area contributed by atoms with Crippen LogP contribution in [0.15, 0.2) is 57.8 Å². The van der Waals surface area contributed by atoms with Crippen molar-refractivity contribution in [3.63, 3.8) is 0 Å². The number of carbonyl (C=O) groups is 1. The predicted molar refractivity (Wildman–Crippen MR) is 109 cm³/mol. The minimum atomic E-state index is -4.14. The maximum absolute atomic E-state index is 13.8. The van der Waals surface area contributed by atoms with Crippen LogP contribution in [-0.2, 0) is 14.8 Å². The number of hydrogen-bond acceptors (Lipinski definition) is 5. The molecule has 0 spiro atoms. The number of oxazole rings is 1. The Labute approximate surface area is 173 Å². The van der Waals surface area contributed by atoms with Crippen LogP contribution in [0.2, 0.25) is 0 Å². The average molecular weight is 431 g/mol. The van der Waals surface area contributed by atoms with Gasteiger partial charge in [0, 0.05) is 19.0 Å². The minimum Gasteiger partial charge on any atom is -0.440 e. The Hall–Kier alpha value is -2.78. The van der Waals surface area contributed by atoms with E-state index in [1.165, 1.54) is 25.1 Å². The number of nitrogens with zero attached hydrogens (tertiary/aromatic N) is 2. The number of rotatable bonds is 5. The van der Waals surface area contributed by atoms with Crippen molar-refractivity contribution in [1.82, 2.24) is 14.6 Å². The highest BCUT2D eigenvalue weighted by atomic mass is 32.2. The molecular formula is C21H22FN3O4S. The van der Waals surface area contributed by atoms with Gasteiger partial charge in [0.15, 0.2) is 11.5 Å². The van der Waals surface area contributed by atoms with Crippen molar-refractivity contribution in [2.45, 2.75) is 36.6 Å². The number of aromatic nitrogens is 1. The molecular weight excluding hydrogens is 409 g/mol. The summed E-state index contributed by atoms with van der Waals surface area (Å²) in [6.07, 6.45) is 1.34. The number of fused-ring (bicyclic) bond motifs is 1. The van der Waals surface area contributed by atoms with Crippen molar-refractivity contribution in [3.8, 4) is 0 Å². The molecule has 158 valence electrons. The molecule has 1 atom stereocenters. The number of nitrogens with one attached hydrogen (secondary N) is 1. The first kappa shape index (κ1) is 20.5. The molecule has 0 saturated carbocycles. The maximum atomic E-state index is 13.8. The summed E-state index contributed by atoms with van der Waals surface area (Å²) in [5.74, 6) is -0.432. The molecule has 1 saturated heterocycles. The average Bonchev–Trinajstić information content (AvgIpc) is 3.17. The second-order valence-electron chi connectivity index (χ2n) is 7.39. The summed E-state index contributed by atoms with van der Waals surface area (Å²) in [6.45, 7) is 2.40. The first-order chi connectivity index (χ1) is 14.3. The minimum absolute atomic E-state index is 0.104. The van der Waals surface area contributed by atoms with Crippen LogP contribution in [0.5, 0.6) is 0 Å². The zero-order valence-corrected chi connectivity index (χ0v) is 17.2. The summed E-state index contributed by atoms with van der Waals surface area (Å²) in [5, 5.41) is 0. The Balaban J connectivity index is 1.38. The van der Waals surface area contributed by atoms with Gasteiger partial charge in [0.2, 0.25) is 15.9 Å². The fourth-order valence-corrected chi connectivity index (χ4v) is 4.97. The Kier molecular flexibility index (Phi) is 5.57. The monoisotopic (exact) mass is 431 g/mol. The smallest absolute Gasteiger partial charge is 0.244 e. The molecule has 0 unspecified atom stereocenters. The van der Waals surface area contributed by atoms with E-state index >= 15 is 0 Å². The van der Waals surface area contributed by atoms with Gasteiger partial charge in [0.25, 0.3) is 0 Å². The van der Waals surface area contributed by atoms with E-state index in [1.54, 1.807) is 4.90 Å². The second kappa shape index (κ2) is 8.16. The van der Waals surface area contributed by atoms with Crippen LogP contribution >= 0.6 is 0 Å². The Morgan fingerprint density at radius 1 is 1.17 bits per heavy atom. The molecule has 2 heterocycles. The van der Waals surface area contributed by atoms with Gasteiger partial charge in [0.1, 0.15) is 16.2 Å². The van der Waals surface area contributed by atoms with Crippen molar-refractivity contribution in [1.29, 1.82) is 0 Å². The van der Waals surface area contributed by atoms with E-state index in [4.69, 9.17) is 4.42 Å². The van der Waals surface area contributed by atoms with Gasteiger partial charge in [-0.2, -0.15) is 4.72 Å². The maximum Gasteiger partial charge on any atom is 0.244 e. The number of para-hydroxylation sites is 2. The SMILES string of the molecule is C[C@H](NS(=O)(=O)c1ccccc1F)C(=O)N1CCC(c2nc3ccccc3o2)CC1. The van der Waals surface area contributed by atoms with Gasteiger partial charge in [-0.25, -0.2) is 17.8 Å². The Morgan fingerprint density at radius 3 is 2.53 bits per heavy atom. The van der Waals surface area contributed by atoms with Crippen molar-refractivity contribution >= 4 is 27.0 Å². The lowest BCUT2D eigenvalue weighted by Gasteiger charge is -2.32. The lowest BCUT2D eigenvalue weighted by atomic mass is 9.96. The van der Waals surface area contributed by atoms with Gasteiger partial charge in [-0.3, -0.25) is 4.79 Å². The van der Waals surface area contributed by atoms with Crippen molar-refractivity contribution in [2.24, 2.45) is 0 Å². The molecule has 7 nitrogen and oxygen atoms in total. The third-order valence-electron chi connectivity index (χ3n) is 5.29. The number of amides is 1. The molecule has 1 aliphatic rings. The first-order valence-electron chi connectivity index (χ1n) is 9.76. The molecule has 1 N–H and O–H groups in total. The van der Waals surface area contributed by atoms with E-state index in [-0.39, 0.29) is 11.8 Å². The topological polar surface area (TPSA) is 92.5 Å². The number of piperidine rings is 1. The number of carbonyl (C=O) groups excluding carboxylic acids is 1. The molecule has 30 heavy (non-hydrogen) atoms. The molecule has 3 aromatic rings. The third-order valence-corrected chi connectivity index (χ3v) is 6.87. The van der Waals surface area contributed by atoms with Crippen molar-refractivity contribution in [3.05, 3.63) is 60.2 Å². The summed E-state index contributed by atoms with van der Waals surface area (Å²) in [5.41, 5.74) is 1.55. The van der Waals surface area contributed by atoms with Gasteiger partial charge in [-0.15, -0.1) is 0 Å². The van der Waals surface area contributed by atoms with Crippen LogP contribution in [0.4, 0.5) is 4.39 Å². The molecule has 4 rings (SSSR count). The van der Waals surface area contributed by atoms with Gasteiger partial charge in [-0.05, 0) is 44.0 Å². The quantitative estimate of drug-likeness (QED) is 0.670. The molecule has 1 aromatic heterocycles. The van der Waals surface area contributed by atoms with Gasteiger partial charge >= 0.3 is 0 Å². The summed E-state index contributed by atoms with van der Waals surface area (Å²) < 4.78 is 46.8. The van der Waals surface area contributed by atoms with E-state index in [2.05, 4.69) is 9.71 Å². The van der Waals surface area contributed by atoms with Crippen LogP contribution in [-0.4, -0.2) is 43.3 Å². The van der Waals surface area contributed by atoms with Crippen LogP contribution in [0.3, 0.4) is 0 Å². The van der Waals surface area contributed by atoms with Crippen molar-refractivity contribution < 1.29 is 22.0 Å². The normalized spacial score (nSPS) is 16.7. The highest BCUT2D eigenvalue weighted by Gasteiger charge is 2.31. The number of hydrogen-bond donors (Lipinski definition) is 1. The standard InChI is InChI=1S/C21H22FN3O4S/c1-14(24-30(27,28)19-9-5-2-6-16(19)22)21(26)25-12-10-15(11-13-25)20-23-17-7-3-4-8-18(17)29-20/h2-9,14-15,24H,10-13H2,1H3/t14-/m0/s1. The van der Waals surface area contributed by atoms with Gasteiger partial charge < -0.3 is 9.32 Å². The zero-order chi connectivity index (χ0) is 21.3. The lowest BCUT2D eigenvalue weighted by molar-refractivity contribution is -0.133. The van der Waals surface area contributed by atoms with Crippen LogP contribution in [0, 0.1) is 5.82 Å². The molecule has 2 aromatic carbocycles. The van der Waals surface area contributed by atoms with Crippen LogP contribution in [0.1, 0.15) is 31.6 Å². The van der Waals surface area contributed by atoms with Crippen LogP contribution in [0.25, 0.3) is 11.1 Å². The highest BCUT2D eigenvalue weighted by molar-refractivity contribution is 7.89. The third kappa shape index (κ3) is 4.08. The van der Waals surface area contributed by atoms with Crippen molar-refractivity contribution in [2.75, 3.05) is 13.1 Å². The largest absolute Gasteiger partial charge is 0.440 e. The van der Waals surface area contributed by atoms with E-state index < -0.39 is 26.8 Å². The van der Waals surface area contributed by atoms with Gasteiger partial charge in [-0.1, -0.05) is 24.3 Å². The predicted octanol–water partition coefficient (Wildman–Crippen LogP) is 3.04. The van der Waals surface area contributed by atoms with Gasteiger partial charge in [0.05, 0.1) is 6.04 Å². The summed E-state index contributed by atoms with van der Waals surface area (Å²) >= 11 is 0. The number of halogens is 1. The fraction of sp³-hybridized carbons (Fsp3) is 0.333. The summed E-state index contributed by atoms with van der Waals surface area (Å²) in [6, 6.07) is 11.6. The lowest BCUT2D eigenvalue weighted by Crippen LogP contribution is -2.49. The number of benzene rings is 2. The second-order valence-corrected chi connectivity index (χ2v) is 9.08. The molecule has 0 bridgehead atoms. The summed E-state index contributed by atoms with van der Waals surface area (Å²) in [7, 11) is -4.14. The zero-order valence-electron chi connectivity index (χ0n) is 16.4. The Morgan fingerprint density at radius 2 is 1.83 bits per heavy atom. The van der Waals surface area contributed by atoms with Crippen LogP contribution < -0.4 is 4.72 Å². The number of likely N-dealkylation sites (tertiary alicyclic amines) is 1. The van der Waals surface area contributed by atoms with E-state index in [0.29, 0.717) is 31.8 Å². The highest BCUT2D eigenvalue weighted by Crippen LogP contribution is 2.30. The molecule has 0 radical (unpaired) electrons. The fourth-order valence-electron chi connectivity index (χ4n) is 3.69. The molecule has 1 fully saturated rings. The summed E-state index contributed by atoms with van der Waals surface area (Å²) in [4.78, 5) is 18.4. The van der Waals surface area contributed by atoms with E-state index in [9.17, 15) is 17.6 Å². The molecule has 0 aliphatic carbocycles. The van der Waals surface area contributed by atoms with E-state index in [0.717, 1.165) is 17.2 Å². The molecule has 9 heteroatoms. The first-order valence-corrected chi connectivity index (χ1v) is 11.2. The Bertz CT molecular complexity index is 1140.